The molecule has 8 heteroatoms. The third kappa shape index (κ3) is 7.60. The highest BCUT2D eigenvalue weighted by Crippen LogP contribution is 2.30. The second-order valence-corrected chi connectivity index (χ2v) is 12.2. The second-order valence-electron chi connectivity index (χ2n) is 12.2. The van der Waals surface area contributed by atoms with Crippen LogP contribution >= 0.6 is 0 Å². The molecule has 1 saturated carbocycles. The number of carbonyl (C=O) groups is 2. The van der Waals surface area contributed by atoms with Crippen LogP contribution in [0.3, 0.4) is 0 Å². The lowest BCUT2D eigenvalue weighted by molar-refractivity contribution is -0.123. The summed E-state index contributed by atoms with van der Waals surface area (Å²) in [5.41, 5.74) is 4.00. The molecule has 6 rings (SSSR count). The molecule has 1 aliphatic carbocycles. The van der Waals surface area contributed by atoms with Crippen LogP contribution in [0.2, 0.25) is 0 Å². The SMILES string of the molecule is [C-]#[N+]c1ccc(OC2CCC(C(=O)Cc3ccc4oc(C(=O)NC5CCN(Cc6ccc(C#N)cc6)CC5)cc4c3)CC2)cc1. The molecule has 1 N–H and O–H groups in total. The number of Topliss-reactive ketones (excluding diaryl/α,β-unsaturated/α-hetero) is 1. The van der Waals surface area contributed by atoms with E-state index in [0.29, 0.717) is 23.3 Å². The minimum atomic E-state index is -0.212. The lowest BCUT2D eigenvalue weighted by atomic mass is 9.83. The molecule has 0 atom stereocenters. The van der Waals surface area contributed by atoms with Crippen LogP contribution < -0.4 is 10.1 Å². The molecular formula is C37H36N4O4. The van der Waals surface area contributed by atoms with Gasteiger partial charge in [0.2, 0.25) is 0 Å². The van der Waals surface area contributed by atoms with Gasteiger partial charge < -0.3 is 14.5 Å². The minimum Gasteiger partial charge on any atom is -0.491 e. The Bertz CT molecular complexity index is 1730. The third-order valence-electron chi connectivity index (χ3n) is 8.99. The van der Waals surface area contributed by atoms with Crippen molar-refractivity contribution in [3.05, 3.63) is 107 Å². The number of nitrogens with one attached hydrogen (secondary N) is 1. The van der Waals surface area contributed by atoms with Gasteiger partial charge in [-0.15, -0.1) is 0 Å². The zero-order valence-corrected chi connectivity index (χ0v) is 25.2. The molecule has 0 bridgehead atoms. The third-order valence-corrected chi connectivity index (χ3v) is 8.99. The van der Waals surface area contributed by atoms with Gasteiger partial charge in [-0.25, -0.2) is 4.85 Å². The monoisotopic (exact) mass is 600 g/mol. The predicted octanol–water partition coefficient (Wildman–Crippen LogP) is 7.00. The molecule has 3 aromatic carbocycles. The van der Waals surface area contributed by atoms with Crippen molar-refractivity contribution in [2.75, 3.05) is 13.1 Å². The summed E-state index contributed by atoms with van der Waals surface area (Å²) in [4.78, 5) is 32.0. The van der Waals surface area contributed by atoms with Crippen molar-refractivity contribution in [3.8, 4) is 11.8 Å². The maximum Gasteiger partial charge on any atom is 0.287 e. The Hall–Kier alpha value is -4.92. The molecule has 2 aliphatic rings. The van der Waals surface area contributed by atoms with Gasteiger partial charge in [-0.05, 0) is 92.1 Å². The van der Waals surface area contributed by atoms with Crippen molar-refractivity contribution in [3.63, 3.8) is 0 Å². The van der Waals surface area contributed by atoms with Gasteiger partial charge >= 0.3 is 0 Å². The van der Waals surface area contributed by atoms with E-state index in [-0.39, 0.29) is 35.5 Å². The molecular weight excluding hydrogens is 564 g/mol. The summed E-state index contributed by atoms with van der Waals surface area (Å²) in [5.74, 6) is 1.10. The molecule has 0 radical (unpaired) electrons. The number of carbonyl (C=O) groups excluding carboxylic acids is 2. The smallest absolute Gasteiger partial charge is 0.287 e. The average molecular weight is 601 g/mol. The first-order valence-electron chi connectivity index (χ1n) is 15.7. The molecule has 0 spiro atoms. The van der Waals surface area contributed by atoms with Gasteiger partial charge in [-0.2, -0.15) is 5.26 Å². The number of piperidine rings is 1. The van der Waals surface area contributed by atoms with E-state index in [1.807, 2.05) is 54.6 Å². The van der Waals surface area contributed by atoms with E-state index < -0.39 is 0 Å². The Balaban J connectivity index is 0.964. The number of amides is 1. The van der Waals surface area contributed by atoms with Gasteiger partial charge in [0.15, 0.2) is 11.4 Å². The average Bonchev–Trinajstić information content (AvgIpc) is 3.50. The fraction of sp³-hybridized carbons (Fsp3) is 0.351. The molecule has 1 saturated heterocycles. The van der Waals surface area contributed by atoms with Crippen molar-refractivity contribution >= 4 is 28.3 Å². The quantitative estimate of drug-likeness (QED) is 0.208. The Kier molecular flexibility index (Phi) is 9.24. The summed E-state index contributed by atoms with van der Waals surface area (Å²) in [6.07, 6.45) is 5.43. The largest absolute Gasteiger partial charge is 0.491 e. The number of ketones is 1. The van der Waals surface area contributed by atoms with Crippen LogP contribution in [0.1, 0.15) is 65.8 Å². The number of likely N-dealkylation sites (tertiary alicyclic amines) is 1. The van der Waals surface area contributed by atoms with Crippen LogP contribution in [0.15, 0.2) is 77.2 Å². The maximum absolute atomic E-state index is 13.2. The molecule has 45 heavy (non-hydrogen) atoms. The maximum atomic E-state index is 13.2. The highest BCUT2D eigenvalue weighted by atomic mass is 16.5. The van der Waals surface area contributed by atoms with Crippen molar-refractivity contribution in [1.82, 2.24) is 10.2 Å². The molecule has 2 fully saturated rings. The fourth-order valence-corrected chi connectivity index (χ4v) is 6.39. The van der Waals surface area contributed by atoms with E-state index in [4.69, 9.17) is 21.0 Å². The summed E-state index contributed by atoms with van der Waals surface area (Å²) in [6.45, 7) is 9.67. The van der Waals surface area contributed by atoms with Crippen molar-refractivity contribution in [2.45, 2.75) is 63.6 Å². The number of furan rings is 1. The zero-order chi connectivity index (χ0) is 31.2. The molecule has 1 aromatic heterocycles. The highest BCUT2D eigenvalue weighted by Gasteiger charge is 2.28. The molecule has 1 aliphatic heterocycles. The highest BCUT2D eigenvalue weighted by molar-refractivity contribution is 5.96. The van der Waals surface area contributed by atoms with Crippen molar-refractivity contribution in [2.24, 2.45) is 5.92 Å². The second kappa shape index (κ2) is 13.8. The van der Waals surface area contributed by atoms with Gasteiger partial charge in [0.25, 0.3) is 5.91 Å². The van der Waals surface area contributed by atoms with E-state index in [0.717, 1.165) is 74.9 Å². The van der Waals surface area contributed by atoms with Gasteiger partial charge in [0, 0.05) is 43.4 Å². The normalized spacial score (nSPS) is 19.0. The van der Waals surface area contributed by atoms with E-state index in [9.17, 15) is 9.59 Å². The topological polar surface area (TPSA) is 99.9 Å². The number of benzene rings is 3. The summed E-state index contributed by atoms with van der Waals surface area (Å²) >= 11 is 0. The van der Waals surface area contributed by atoms with Crippen LogP contribution in [0.5, 0.6) is 5.75 Å². The van der Waals surface area contributed by atoms with Gasteiger partial charge in [0.05, 0.1) is 24.3 Å². The Morgan fingerprint density at radius 3 is 2.33 bits per heavy atom. The summed E-state index contributed by atoms with van der Waals surface area (Å²) in [7, 11) is 0. The van der Waals surface area contributed by atoms with Gasteiger partial charge in [-0.1, -0.05) is 30.3 Å². The van der Waals surface area contributed by atoms with Crippen molar-refractivity contribution in [1.29, 1.82) is 5.26 Å². The first-order chi connectivity index (χ1) is 21.9. The van der Waals surface area contributed by atoms with E-state index in [1.54, 1.807) is 18.2 Å². The summed E-state index contributed by atoms with van der Waals surface area (Å²) < 4.78 is 12.0. The standard InChI is InChI=1S/C37H36N4O4/c1-39-30-9-13-33(14-10-30)44-32-11-7-28(8-12-32)34(42)21-27-6-15-35-29(20-27)22-36(45-35)37(43)40-31-16-18-41(19-17-31)24-26-4-2-25(23-38)3-5-26/h2-6,9-10,13-15,20,22,28,31-32H,7-8,11-12,16-19,21,24H2,(H,40,43). The molecule has 2 heterocycles. The van der Waals surface area contributed by atoms with E-state index >= 15 is 0 Å². The number of ether oxygens (including phenoxy) is 1. The number of hydrogen-bond donors (Lipinski definition) is 1. The van der Waals surface area contributed by atoms with Crippen LogP contribution in [0, 0.1) is 23.8 Å². The Labute approximate surface area is 263 Å². The first kappa shape index (κ1) is 30.1. The molecule has 1 amide bonds. The van der Waals surface area contributed by atoms with Crippen molar-refractivity contribution < 1.29 is 18.7 Å². The molecule has 4 aromatic rings. The van der Waals surface area contributed by atoms with Crippen LogP contribution in [0.25, 0.3) is 15.8 Å². The van der Waals surface area contributed by atoms with E-state index in [1.165, 1.54) is 5.56 Å². The van der Waals surface area contributed by atoms with E-state index in [2.05, 4.69) is 21.1 Å². The predicted molar refractivity (Wildman–Crippen MR) is 171 cm³/mol. The molecule has 0 unspecified atom stereocenters. The summed E-state index contributed by atoms with van der Waals surface area (Å²) in [5, 5.41) is 13.0. The Morgan fingerprint density at radius 2 is 1.64 bits per heavy atom. The number of nitrogens with zero attached hydrogens (tertiary/aromatic N) is 3. The molecule has 8 nitrogen and oxygen atoms in total. The van der Waals surface area contributed by atoms with Crippen LogP contribution in [0.4, 0.5) is 5.69 Å². The molecule has 228 valence electrons. The Morgan fingerprint density at radius 1 is 0.933 bits per heavy atom. The lowest BCUT2D eigenvalue weighted by Gasteiger charge is -2.32. The van der Waals surface area contributed by atoms with Gasteiger partial charge in [0.1, 0.15) is 17.1 Å². The summed E-state index contributed by atoms with van der Waals surface area (Å²) in [6, 6.07) is 24.6. The van der Waals surface area contributed by atoms with Crippen LogP contribution in [-0.2, 0) is 17.8 Å². The minimum absolute atomic E-state index is 0.0197. The number of nitriles is 1. The number of hydrogen-bond acceptors (Lipinski definition) is 6. The lowest BCUT2D eigenvalue weighted by Crippen LogP contribution is -2.44. The van der Waals surface area contributed by atoms with Gasteiger partial charge in [-0.3, -0.25) is 14.5 Å². The first-order valence-corrected chi connectivity index (χ1v) is 15.7. The number of fused-ring (bicyclic) bond motifs is 1. The number of rotatable bonds is 9. The van der Waals surface area contributed by atoms with Crippen LogP contribution in [-0.4, -0.2) is 41.8 Å². The fourth-order valence-electron chi connectivity index (χ4n) is 6.39. The zero-order valence-electron chi connectivity index (χ0n) is 25.2.